The molecule has 13 heteroatoms. The summed E-state index contributed by atoms with van der Waals surface area (Å²) in [5, 5.41) is 5.83. The lowest BCUT2D eigenvalue weighted by Gasteiger charge is -2.17. The number of halogens is 6. The second kappa shape index (κ2) is 12.1. The lowest BCUT2D eigenvalue weighted by atomic mass is 10.1. The van der Waals surface area contributed by atoms with Crippen LogP contribution in [0.15, 0.2) is 24.5 Å². The minimum atomic E-state index is -4.28. The number of rotatable bonds is 7. The highest BCUT2D eigenvalue weighted by atomic mass is 35.5. The van der Waals surface area contributed by atoms with E-state index in [1.54, 1.807) is 23.5 Å². The number of nitrogens with two attached hydrogens (primary N) is 1. The Kier molecular flexibility index (Phi) is 10.5. The summed E-state index contributed by atoms with van der Waals surface area (Å²) in [5.41, 5.74) is 5.05. The van der Waals surface area contributed by atoms with Crippen LogP contribution in [0.1, 0.15) is 50.5 Å². The van der Waals surface area contributed by atoms with Crippen molar-refractivity contribution in [3.05, 3.63) is 40.9 Å². The number of methoxy groups -OCH3 is 1. The van der Waals surface area contributed by atoms with E-state index in [1.807, 2.05) is 13.8 Å². The first-order valence-electron chi connectivity index (χ1n) is 9.56. The first-order chi connectivity index (χ1) is 15.1. The maximum Gasteiger partial charge on any atom is 0.411 e. The molecule has 0 radical (unpaired) electrons. The molecule has 180 valence electrons. The van der Waals surface area contributed by atoms with Crippen molar-refractivity contribution >= 4 is 18.0 Å². The molecule has 3 rings (SSSR count). The van der Waals surface area contributed by atoms with Crippen LogP contribution >= 0.6 is 11.6 Å². The first-order valence-corrected chi connectivity index (χ1v) is 9.94. The van der Waals surface area contributed by atoms with Gasteiger partial charge >= 0.3 is 6.18 Å². The van der Waals surface area contributed by atoms with Gasteiger partial charge in [0.15, 0.2) is 5.82 Å². The molecule has 0 aliphatic heterocycles. The van der Waals surface area contributed by atoms with Crippen LogP contribution in [0.4, 0.5) is 22.0 Å². The van der Waals surface area contributed by atoms with Crippen molar-refractivity contribution in [2.75, 3.05) is 13.7 Å². The van der Waals surface area contributed by atoms with E-state index in [0.717, 1.165) is 11.0 Å². The number of nitrogens with zero attached hydrogens (tertiary/aromatic N) is 3. The van der Waals surface area contributed by atoms with Gasteiger partial charge in [0.05, 0.1) is 23.4 Å². The van der Waals surface area contributed by atoms with E-state index >= 15 is 0 Å². The number of amides is 1. The number of carbonyl (C=O) groups is 1. The van der Waals surface area contributed by atoms with Gasteiger partial charge in [0, 0.05) is 7.11 Å². The van der Waals surface area contributed by atoms with Crippen LogP contribution in [0.5, 0.6) is 0 Å². The third-order valence-electron chi connectivity index (χ3n) is 4.37. The second-order valence-electron chi connectivity index (χ2n) is 6.45. The number of ether oxygens (including phenoxy) is 1. The van der Waals surface area contributed by atoms with Gasteiger partial charge in [-0.05, 0) is 30.5 Å². The Labute approximate surface area is 187 Å². The standard InChI is InChI=1S/C12H13ClF2N4O.C5H6F3NO.C2H6/c1-20-5-9(16)7-2-3-8(13)10(4-7)19-12(11(14)15)17-6-18-19;6-5(7,8)4(1-2-4)9-3-10;1-2/h2-4,6,9,11H,5,16H2,1H3;3H,1-2H2,(H,9,10);1-2H3. The minimum Gasteiger partial charge on any atom is -0.383 e. The summed E-state index contributed by atoms with van der Waals surface area (Å²) in [4.78, 5) is 13.2. The molecule has 0 saturated heterocycles. The molecular formula is C19H25ClF5N5O2. The average Bonchev–Trinajstić information content (AvgIpc) is 3.38. The molecule has 0 bridgehead atoms. The summed E-state index contributed by atoms with van der Waals surface area (Å²) in [6, 6.07) is 4.52. The molecule has 7 nitrogen and oxygen atoms in total. The molecule has 1 fully saturated rings. The molecule has 0 spiro atoms. The van der Waals surface area contributed by atoms with Crippen molar-refractivity contribution in [2.24, 2.45) is 5.73 Å². The fourth-order valence-electron chi connectivity index (χ4n) is 2.53. The quantitative estimate of drug-likeness (QED) is 0.449. The summed E-state index contributed by atoms with van der Waals surface area (Å²) < 4.78 is 67.3. The normalized spacial score (nSPS) is 15.1. The highest BCUT2D eigenvalue weighted by Gasteiger charge is 2.63. The van der Waals surface area contributed by atoms with E-state index in [4.69, 9.17) is 22.1 Å². The lowest BCUT2D eigenvalue weighted by molar-refractivity contribution is -0.167. The lowest BCUT2D eigenvalue weighted by Crippen LogP contribution is -2.44. The van der Waals surface area contributed by atoms with Crippen molar-refractivity contribution in [2.45, 2.75) is 50.9 Å². The Morgan fingerprint density at radius 2 is 1.97 bits per heavy atom. The highest BCUT2D eigenvalue weighted by Crippen LogP contribution is 2.48. The molecule has 1 saturated carbocycles. The van der Waals surface area contributed by atoms with Crippen molar-refractivity contribution in [1.82, 2.24) is 20.1 Å². The Bertz CT molecular complexity index is 859. The van der Waals surface area contributed by atoms with E-state index in [1.165, 1.54) is 7.11 Å². The first kappa shape index (κ1) is 27.7. The number of hydrogen-bond donors (Lipinski definition) is 2. The van der Waals surface area contributed by atoms with Crippen LogP contribution in [0, 0.1) is 0 Å². The van der Waals surface area contributed by atoms with Gasteiger partial charge in [0.1, 0.15) is 11.9 Å². The van der Waals surface area contributed by atoms with Gasteiger partial charge in [-0.25, -0.2) is 18.4 Å². The maximum absolute atomic E-state index is 12.8. The molecule has 1 aromatic carbocycles. The largest absolute Gasteiger partial charge is 0.411 e. The van der Waals surface area contributed by atoms with Gasteiger partial charge in [0.2, 0.25) is 6.41 Å². The molecule has 2 aromatic rings. The number of benzene rings is 1. The molecular weight excluding hydrogens is 461 g/mol. The molecule has 1 aromatic heterocycles. The van der Waals surface area contributed by atoms with E-state index in [9.17, 15) is 26.7 Å². The van der Waals surface area contributed by atoms with Crippen molar-refractivity contribution < 1.29 is 31.5 Å². The third-order valence-corrected chi connectivity index (χ3v) is 4.69. The van der Waals surface area contributed by atoms with E-state index in [-0.39, 0.29) is 30.3 Å². The summed E-state index contributed by atoms with van der Waals surface area (Å²) in [6.45, 7) is 4.31. The van der Waals surface area contributed by atoms with Gasteiger partial charge < -0.3 is 15.8 Å². The number of aromatic nitrogens is 3. The van der Waals surface area contributed by atoms with Crippen molar-refractivity contribution in [3.8, 4) is 5.69 Å². The topological polar surface area (TPSA) is 95.1 Å². The smallest absolute Gasteiger partial charge is 0.383 e. The Balaban J connectivity index is 0.000000358. The summed E-state index contributed by atoms with van der Waals surface area (Å²) in [6.07, 6.45) is -5.86. The zero-order valence-corrected chi connectivity index (χ0v) is 18.4. The number of nitrogens with one attached hydrogen (secondary N) is 1. The molecule has 1 amide bonds. The summed E-state index contributed by atoms with van der Waals surface area (Å²) >= 11 is 6.04. The molecule has 3 N–H and O–H groups in total. The predicted molar refractivity (Wildman–Crippen MR) is 109 cm³/mol. The number of alkyl halides is 5. The summed E-state index contributed by atoms with van der Waals surface area (Å²) in [7, 11) is 1.53. The van der Waals surface area contributed by atoms with E-state index in [0.29, 0.717) is 17.9 Å². The van der Waals surface area contributed by atoms with Gasteiger partial charge in [-0.2, -0.15) is 18.3 Å². The van der Waals surface area contributed by atoms with Crippen molar-refractivity contribution in [1.29, 1.82) is 0 Å². The minimum absolute atomic E-state index is 0.00917. The van der Waals surface area contributed by atoms with Crippen LogP contribution < -0.4 is 11.1 Å². The molecule has 32 heavy (non-hydrogen) atoms. The predicted octanol–water partition coefficient (Wildman–Crippen LogP) is 4.36. The van der Waals surface area contributed by atoms with Gasteiger partial charge in [-0.1, -0.05) is 31.5 Å². The molecule has 1 unspecified atom stereocenters. The summed E-state index contributed by atoms with van der Waals surface area (Å²) in [5.74, 6) is -0.468. The molecule has 1 aliphatic rings. The Morgan fingerprint density at radius 1 is 1.34 bits per heavy atom. The fraction of sp³-hybridized carbons (Fsp3) is 0.526. The van der Waals surface area contributed by atoms with Crippen LogP contribution in [-0.4, -0.2) is 46.6 Å². The monoisotopic (exact) mass is 485 g/mol. The Hall–Kier alpha value is -2.31. The molecule has 1 atom stereocenters. The zero-order valence-electron chi connectivity index (χ0n) is 17.7. The van der Waals surface area contributed by atoms with Crippen molar-refractivity contribution in [3.63, 3.8) is 0 Å². The van der Waals surface area contributed by atoms with Crippen LogP contribution in [0.3, 0.4) is 0 Å². The van der Waals surface area contributed by atoms with Gasteiger partial charge in [-0.15, -0.1) is 0 Å². The Morgan fingerprint density at radius 3 is 2.41 bits per heavy atom. The third kappa shape index (κ3) is 6.84. The SMILES string of the molecule is CC.COCC(N)c1ccc(Cl)c(-n2ncnc2C(F)F)c1.O=CNC1(C(F)(F)F)CC1. The second-order valence-corrected chi connectivity index (χ2v) is 6.85. The van der Waals surface area contributed by atoms with E-state index < -0.39 is 24.0 Å². The maximum atomic E-state index is 12.8. The van der Waals surface area contributed by atoms with Crippen LogP contribution in [0.2, 0.25) is 5.02 Å². The number of carbonyl (C=O) groups excluding carboxylic acids is 1. The van der Waals surface area contributed by atoms with Crippen LogP contribution in [0.25, 0.3) is 5.69 Å². The zero-order chi connectivity index (χ0) is 24.5. The van der Waals surface area contributed by atoms with Crippen LogP contribution in [-0.2, 0) is 9.53 Å². The molecule has 1 heterocycles. The fourth-order valence-corrected chi connectivity index (χ4v) is 2.73. The van der Waals surface area contributed by atoms with Gasteiger partial charge in [0.25, 0.3) is 6.43 Å². The molecule has 1 aliphatic carbocycles. The highest BCUT2D eigenvalue weighted by molar-refractivity contribution is 6.32. The van der Waals surface area contributed by atoms with Gasteiger partial charge in [-0.3, -0.25) is 4.79 Å². The average molecular weight is 486 g/mol. The van der Waals surface area contributed by atoms with E-state index in [2.05, 4.69) is 10.1 Å². The number of hydrogen-bond acceptors (Lipinski definition) is 5.